The maximum Gasteiger partial charge on any atom is 0.331 e. The summed E-state index contributed by atoms with van der Waals surface area (Å²) in [7, 11) is 0. The number of benzene rings is 2. The Balaban J connectivity index is 1.79. The van der Waals surface area contributed by atoms with Crippen LogP contribution in [-0.2, 0) is 20.7 Å². The number of anilines is 1. The van der Waals surface area contributed by atoms with Crippen molar-refractivity contribution in [2.45, 2.75) is 6.42 Å². The van der Waals surface area contributed by atoms with Crippen LogP contribution in [-0.4, -0.2) is 18.5 Å². The lowest BCUT2D eigenvalue weighted by atomic mass is 10.1. The summed E-state index contributed by atoms with van der Waals surface area (Å²) >= 11 is 5.85. The van der Waals surface area contributed by atoms with Crippen LogP contribution in [0.15, 0.2) is 54.6 Å². The van der Waals surface area contributed by atoms with Gasteiger partial charge in [0.25, 0.3) is 5.91 Å². The number of amides is 1. The van der Waals surface area contributed by atoms with E-state index in [2.05, 4.69) is 5.32 Å². The van der Waals surface area contributed by atoms with Gasteiger partial charge in [0.15, 0.2) is 6.61 Å². The first-order valence-electron chi connectivity index (χ1n) is 7.43. The van der Waals surface area contributed by atoms with Crippen LogP contribution < -0.4 is 5.32 Å². The van der Waals surface area contributed by atoms with Crippen LogP contribution in [0.25, 0.3) is 6.08 Å². The number of nitrogens with zero attached hydrogens (tertiary/aromatic N) is 1. The number of rotatable bonds is 6. The fourth-order valence-electron chi connectivity index (χ4n) is 1.95. The Morgan fingerprint density at radius 1 is 1.20 bits per heavy atom. The Kier molecular flexibility index (Phi) is 6.76. The number of carbonyl (C=O) groups excluding carboxylic acids is 2. The summed E-state index contributed by atoms with van der Waals surface area (Å²) in [6, 6.07) is 15.9. The largest absolute Gasteiger partial charge is 0.452 e. The van der Waals surface area contributed by atoms with E-state index in [-0.39, 0.29) is 0 Å². The van der Waals surface area contributed by atoms with E-state index >= 15 is 0 Å². The second kappa shape index (κ2) is 9.26. The quantitative estimate of drug-likeness (QED) is 0.635. The third-order valence-corrected chi connectivity index (χ3v) is 3.36. The Morgan fingerprint density at radius 3 is 2.64 bits per heavy atom. The van der Waals surface area contributed by atoms with Crippen LogP contribution in [0.5, 0.6) is 0 Å². The molecule has 0 spiro atoms. The highest BCUT2D eigenvalue weighted by atomic mass is 35.5. The molecule has 0 atom stereocenters. The number of carbonyl (C=O) groups is 2. The SMILES string of the molecule is N#CCc1ccc(NC(=O)COC(=O)/C=C/c2cccc(Cl)c2)cc1. The summed E-state index contributed by atoms with van der Waals surface area (Å²) in [6.45, 7) is -0.390. The number of nitriles is 1. The van der Waals surface area contributed by atoms with Gasteiger partial charge >= 0.3 is 5.97 Å². The van der Waals surface area contributed by atoms with Crippen molar-refractivity contribution in [2.24, 2.45) is 0 Å². The van der Waals surface area contributed by atoms with Gasteiger partial charge in [-0.3, -0.25) is 4.79 Å². The highest BCUT2D eigenvalue weighted by molar-refractivity contribution is 6.30. The zero-order valence-electron chi connectivity index (χ0n) is 13.2. The van der Waals surface area contributed by atoms with Gasteiger partial charge in [-0.05, 0) is 41.5 Å². The summed E-state index contributed by atoms with van der Waals surface area (Å²) < 4.78 is 4.88. The van der Waals surface area contributed by atoms with E-state index < -0.39 is 18.5 Å². The molecule has 6 heteroatoms. The molecule has 126 valence electrons. The maximum atomic E-state index is 11.8. The van der Waals surface area contributed by atoms with E-state index in [1.54, 1.807) is 54.6 Å². The van der Waals surface area contributed by atoms with Gasteiger partial charge < -0.3 is 10.1 Å². The van der Waals surface area contributed by atoms with Gasteiger partial charge in [-0.1, -0.05) is 35.9 Å². The lowest BCUT2D eigenvalue weighted by Gasteiger charge is -2.06. The molecule has 0 aliphatic carbocycles. The van der Waals surface area contributed by atoms with E-state index in [0.29, 0.717) is 17.1 Å². The molecule has 1 N–H and O–H groups in total. The minimum absolute atomic E-state index is 0.310. The zero-order chi connectivity index (χ0) is 18.1. The van der Waals surface area contributed by atoms with Crippen molar-refractivity contribution < 1.29 is 14.3 Å². The highest BCUT2D eigenvalue weighted by Crippen LogP contribution is 2.12. The predicted octanol–water partition coefficient (Wildman–Crippen LogP) is 3.60. The fraction of sp³-hybridized carbons (Fsp3) is 0.105. The van der Waals surface area contributed by atoms with E-state index in [9.17, 15) is 9.59 Å². The van der Waals surface area contributed by atoms with Gasteiger partial charge in [0.2, 0.25) is 0 Å². The highest BCUT2D eigenvalue weighted by Gasteiger charge is 2.06. The van der Waals surface area contributed by atoms with Gasteiger partial charge in [-0.2, -0.15) is 5.26 Å². The van der Waals surface area contributed by atoms with Gasteiger partial charge in [0.1, 0.15) is 0 Å². The molecule has 0 fully saturated rings. The second-order valence-electron chi connectivity index (χ2n) is 5.08. The zero-order valence-corrected chi connectivity index (χ0v) is 14.0. The number of esters is 1. The molecule has 2 aromatic rings. The Hall–Kier alpha value is -3.10. The maximum absolute atomic E-state index is 11.8. The number of ether oxygens (including phenoxy) is 1. The van der Waals surface area contributed by atoms with E-state index in [0.717, 1.165) is 11.1 Å². The van der Waals surface area contributed by atoms with Gasteiger partial charge in [0, 0.05) is 16.8 Å². The molecular formula is C19H15ClN2O3. The molecule has 0 aromatic heterocycles. The molecule has 0 bridgehead atoms. The minimum atomic E-state index is -0.625. The molecule has 0 heterocycles. The molecule has 2 rings (SSSR count). The van der Waals surface area contributed by atoms with Crippen molar-refractivity contribution in [3.05, 3.63) is 70.8 Å². The summed E-state index contributed by atoms with van der Waals surface area (Å²) in [4.78, 5) is 23.4. The third-order valence-electron chi connectivity index (χ3n) is 3.13. The van der Waals surface area contributed by atoms with Crippen LogP contribution >= 0.6 is 11.6 Å². The van der Waals surface area contributed by atoms with E-state index in [1.165, 1.54) is 6.08 Å². The molecule has 25 heavy (non-hydrogen) atoms. The van der Waals surface area contributed by atoms with Crippen LogP contribution in [0.4, 0.5) is 5.69 Å². The monoisotopic (exact) mass is 354 g/mol. The molecule has 5 nitrogen and oxygen atoms in total. The third kappa shape index (κ3) is 6.50. The Bertz CT molecular complexity index is 823. The van der Waals surface area contributed by atoms with E-state index in [1.807, 2.05) is 6.07 Å². The van der Waals surface area contributed by atoms with Crippen LogP contribution in [0.1, 0.15) is 11.1 Å². The first-order chi connectivity index (χ1) is 12.1. The minimum Gasteiger partial charge on any atom is -0.452 e. The lowest BCUT2D eigenvalue weighted by Crippen LogP contribution is -2.20. The Morgan fingerprint density at radius 2 is 1.96 bits per heavy atom. The molecule has 0 aliphatic heterocycles. The average Bonchev–Trinajstić information content (AvgIpc) is 2.60. The second-order valence-corrected chi connectivity index (χ2v) is 5.51. The first kappa shape index (κ1) is 18.2. The first-order valence-corrected chi connectivity index (χ1v) is 7.81. The van der Waals surface area contributed by atoms with Gasteiger partial charge in [0.05, 0.1) is 12.5 Å². The molecule has 1 amide bonds. The standard InChI is InChI=1S/C19H15ClN2O3/c20-16-3-1-2-15(12-16)6-9-19(24)25-13-18(23)22-17-7-4-14(5-8-17)10-11-21/h1-9,12H,10,13H2,(H,22,23)/b9-6+. The molecule has 0 saturated carbocycles. The van der Waals surface area contributed by atoms with Crippen LogP contribution in [0.3, 0.4) is 0 Å². The predicted molar refractivity (Wildman–Crippen MR) is 95.8 cm³/mol. The number of halogens is 1. The number of hydrogen-bond acceptors (Lipinski definition) is 4. The van der Waals surface area contributed by atoms with E-state index in [4.69, 9.17) is 21.6 Å². The normalized spacial score (nSPS) is 10.2. The van der Waals surface area contributed by atoms with Crippen LogP contribution in [0, 0.1) is 11.3 Å². The molecule has 0 aliphatic rings. The van der Waals surface area contributed by atoms with Crippen molar-refractivity contribution in [3.8, 4) is 6.07 Å². The van der Waals surface area contributed by atoms with Gasteiger partial charge in [-0.25, -0.2) is 4.79 Å². The fourth-order valence-corrected chi connectivity index (χ4v) is 2.15. The number of nitrogens with one attached hydrogen (secondary N) is 1. The summed E-state index contributed by atoms with van der Waals surface area (Å²) in [5.74, 6) is -1.07. The molecular weight excluding hydrogens is 340 g/mol. The smallest absolute Gasteiger partial charge is 0.331 e. The summed E-state index contributed by atoms with van der Waals surface area (Å²) in [5.41, 5.74) is 2.18. The molecule has 0 radical (unpaired) electrons. The van der Waals surface area contributed by atoms with Gasteiger partial charge in [-0.15, -0.1) is 0 Å². The summed E-state index contributed by atoms with van der Waals surface area (Å²) in [6.07, 6.45) is 3.10. The van der Waals surface area contributed by atoms with Crippen molar-refractivity contribution >= 4 is 35.2 Å². The number of hydrogen-bond donors (Lipinski definition) is 1. The van der Waals surface area contributed by atoms with Crippen LogP contribution in [0.2, 0.25) is 5.02 Å². The Labute approximate surface area is 150 Å². The topological polar surface area (TPSA) is 79.2 Å². The van der Waals surface area contributed by atoms with Crippen molar-refractivity contribution in [1.29, 1.82) is 5.26 Å². The average molecular weight is 355 g/mol. The molecule has 0 unspecified atom stereocenters. The van der Waals surface area contributed by atoms with Crippen molar-refractivity contribution in [1.82, 2.24) is 0 Å². The lowest BCUT2D eigenvalue weighted by molar-refractivity contribution is -0.142. The van der Waals surface area contributed by atoms with Crippen molar-refractivity contribution in [2.75, 3.05) is 11.9 Å². The molecule has 2 aromatic carbocycles. The molecule has 0 saturated heterocycles. The van der Waals surface area contributed by atoms with Crippen molar-refractivity contribution in [3.63, 3.8) is 0 Å². The summed E-state index contributed by atoms with van der Waals surface area (Å²) in [5, 5.41) is 11.8.